The lowest BCUT2D eigenvalue weighted by molar-refractivity contribution is 1.18. The predicted molar refractivity (Wildman–Crippen MR) is 243 cm³/mol. The summed E-state index contributed by atoms with van der Waals surface area (Å²) in [7, 11) is 0. The summed E-state index contributed by atoms with van der Waals surface area (Å²) < 4.78 is 1.12. The third kappa shape index (κ3) is 6.10. The highest BCUT2D eigenvalue weighted by Crippen LogP contribution is 2.48. The molecule has 0 aliphatic rings. The molecule has 0 saturated heterocycles. The Labute approximate surface area is 344 Å². The standard InChI is InChI=1S/C51H32IN5/c52-43-32-39(35-13-5-2-6-14-35)22-28-47(43)57(49-16-8-10-30-55-49)46-27-20-37-17-23-41-45(26-19-36-18-24-42(46)51(37)50(36)41)56(48-15-7-9-29-54-48)44-25-21-38(31-40(44)33-53)34-11-3-1-4-12-34/h1-32H. The lowest BCUT2D eigenvalue weighted by atomic mass is 9.91. The van der Waals surface area contributed by atoms with Crippen molar-refractivity contribution in [2.45, 2.75) is 0 Å². The minimum absolute atomic E-state index is 0.564. The molecule has 8 aromatic carbocycles. The molecule has 0 radical (unpaired) electrons. The molecule has 0 aliphatic carbocycles. The molecule has 0 spiro atoms. The Morgan fingerprint density at radius 3 is 1.37 bits per heavy atom. The van der Waals surface area contributed by atoms with Crippen LogP contribution in [0.1, 0.15) is 5.56 Å². The monoisotopic (exact) mass is 841 g/mol. The molecular weight excluding hydrogens is 809 g/mol. The maximum Gasteiger partial charge on any atom is 0.137 e. The fraction of sp³-hybridized carbons (Fsp3) is 0. The molecule has 10 aromatic rings. The highest BCUT2D eigenvalue weighted by molar-refractivity contribution is 14.1. The fourth-order valence-electron chi connectivity index (χ4n) is 8.01. The molecule has 0 saturated carbocycles. The number of rotatable bonds is 8. The van der Waals surface area contributed by atoms with E-state index in [-0.39, 0.29) is 0 Å². The third-order valence-corrected chi connectivity index (χ3v) is 11.5. The van der Waals surface area contributed by atoms with Crippen LogP contribution in [0.25, 0.3) is 54.6 Å². The van der Waals surface area contributed by atoms with Crippen molar-refractivity contribution < 1.29 is 0 Å². The van der Waals surface area contributed by atoms with Gasteiger partial charge in [-0.1, -0.05) is 121 Å². The van der Waals surface area contributed by atoms with E-state index in [4.69, 9.17) is 9.97 Å². The largest absolute Gasteiger partial charge is 0.293 e. The second-order valence-electron chi connectivity index (χ2n) is 13.9. The van der Waals surface area contributed by atoms with E-state index in [1.54, 1.807) is 6.20 Å². The van der Waals surface area contributed by atoms with Crippen molar-refractivity contribution in [1.29, 1.82) is 5.26 Å². The molecule has 268 valence electrons. The lowest BCUT2D eigenvalue weighted by Gasteiger charge is -2.29. The maximum atomic E-state index is 10.6. The van der Waals surface area contributed by atoms with Crippen molar-refractivity contribution >= 4 is 89.3 Å². The van der Waals surface area contributed by atoms with Gasteiger partial charge in [-0.2, -0.15) is 5.26 Å². The molecule has 0 amide bonds. The van der Waals surface area contributed by atoms with Gasteiger partial charge in [-0.3, -0.25) is 9.80 Å². The van der Waals surface area contributed by atoms with E-state index < -0.39 is 0 Å². The zero-order chi connectivity index (χ0) is 38.3. The summed E-state index contributed by atoms with van der Waals surface area (Å²) in [5, 5.41) is 17.4. The number of anilines is 6. The van der Waals surface area contributed by atoms with Gasteiger partial charge >= 0.3 is 0 Å². The molecule has 6 heteroatoms. The van der Waals surface area contributed by atoms with Gasteiger partial charge in [-0.05, 0) is 127 Å². The van der Waals surface area contributed by atoms with E-state index in [0.29, 0.717) is 5.56 Å². The van der Waals surface area contributed by atoms with Crippen LogP contribution < -0.4 is 9.80 Å². The van der Waals surface area contributed by atoms with Crippen molar-refractivity contribution in [2.24, 2.45) is 0 Å². The zero-order valence-corrected chi connectivity index (χ0v) is 32.7. The number of benzene rings is 8. The highest BCUT2D eigenvalue weighted by atomic mass is 127. The van der Waals surface area contributed by atoms with E-state index in [9.17, 15) is 5.26 Å². The van der Waals surface area contributed by atoms with Gasteiger partial charge < -0.3 is 0 Å². The van der Waals surface area contributed by atoms with Gasteiger partial charge in [0.1, 0.15) is 17.7 Å². The van der Waals surface area contributed by atoms with Gasteiger partial charge in [0.05, 0.1) is 28.3 Å². The van der Waals surface area contributed by atoms with Gasteiger partial charge in [0.15, 0.2) is 0 Å². The van der Waals surface area contributed by atoms with Gasteiger partial charge in [-0.25, -0.2) is 9.97 Å². The Morgan fingerprint density at radius 2 is 0.877 bits per heavy atom. The zero-order valence-electron chi connectivity index (χ0n) is 30.6. The van der Waals surface area contributed by atoms with Crippen molar-refractivity contribution in [3.8, 4) is 28.3 Å². The molecule has 2 heterocycles. The number of nitrogens with zero attached hydrogens (tertiary/aromatic N) is 5. The number of hydrogen-bond acceptors (Lipinski definition) is 5. The van der Waals surface area contributed by atoms with E-state index in [1.165, 1.54) is 16.5 Å². The molecular formula is C51H32IN5. The van der Waals surface area contributed by atoms with Crippen LogP contribution in [-0.4, -0.2) is 9.97 Å². The fourth-order valence-corrected chi connectivity index (χ4v) is 8.77. The Bertz CT molecular complexity index is 3090. The van der Waals surface area contributed by atoms with Crippen LogP contribution in [0.2, 0.25) is 0 Å². The number of halogens is 1. The van der Waals surface area contributed by atoms with Gasteiger partial charge in [-0.15, -0.1) is 0 Å². The first-order valence-corrected chi connectivity index (χ1v) is 19.8. The second kappa shape index (κ2) is 14.5. The van der Waals surface area contributed by atoms with E-state index in [1.807, 2.05) is 72.9 Å². The maximum absolute atomic E-state index is 10.6. The average molecular weight is 842 g/mol. The number of aromatic nitrogens is 2. The molecule has 2 aromatic heterocycles. The molecule has 5 nitrogen and oxygen atoms in total. The highest BCUT2D eigenvalue weighted by Gasteiger charge is 2.24. The van der Waals surface area contributed by atoms with Crippen LogP contribution in [-0.2, 0) is 0 Å². The Kier molecular flexibility index (Phi) is 8.77. The second-order valence-corrected chi connectivity index (χ2v) is 15.0. The normalized spacial score (nSPS) is 11.2. The minimum atomic E-state index is 0.564. The summed E-state index contributed by atoms with van der Waals surface area (Å²) in [6.07, 6.45) is 3.65. The quantitative estimate of drug-likeness (QED) is 0.113. The van der Waals surface area contributed by atoms with Gasteiger partial charge in [0.25, 0.3) is 0 Å². The first kappa shape index (κ1) is 34.4. The molecule has 57 heavy (non-hydrogen) atoms. The van der Waals surface area contributed by atoms with E-state index in [0.717, 1.165) is 76.0 Å². The predicted octanol–water partition coefficient (Wildman–Crippen LogP) is 14.1. The van der Waals surface area contributed by atoms with Gasteiger partial charge in [0.2, 0.25) is 0 Å². The summed E-state index contributed by atoms with van der Waals surface area (Å²) in [5.74, 6) is 1.56. The summed E-state index contributed by atoms with van der Waals surface area (Å²) >= 11 is 2.46. The van der Waals surface area contributed by atoms with Crippen LogP contribution in [0.15, 0.2) is 194 Å². The minimum Gasteiger partial charge on any atom is -0.293 e. The van der Waals surface area contributed by atoms with Crippen LogP contribution in [0.4, 0.5) is 34.4 Å². The topological polar surface area (TPSA) is 56.1 Å². The first-order chi connectivity index (χ1) is 28.2. The Hall–Kier alpha value is -7.08. The molecule has 0 bridgehead atoms. The SMILES string of the molecule is N#Cc1cc(-c2ccccc2)ccc1N(c1ccccn1)c1ccc2ccc3c(N(c4ccccn4)c4ccc(-c5ccccc5)cc4I)ccc4ccc1c2c43. The molecule has 0 unspecified atom stereocenters. The van der Waals surface area contributed by atoms with Crippen LogP contribution >= 0.6 is 22.6 Å². The molecule has 0 fully saturated rings. The Morgan fingerprint density at radius 1 is 0.421 bits per heavy atom. The lowest BCUT2D eigenvalue weighted by Crippen LogP contribution is -2.14. The van der Waals surface area contributed by atoms with Crippen LogP contribution in [0.5, 0.6) is 0 Å². The summed E-state index contributed by atoms with van der Waals surface area (Å²) in [6.45, 7) is 0. The smallest absolute Gasteiger partial charge is 0.137 e. The van der Waals surface area contributed by atoms with Crippen LogP contribution in [0.3, 0.4) is 0 Å². The third-order valence-electron chi connectivity index (χ3n) is 10.6. The molecule has 0 N–H and O–H groups in total. The summed E-state index contributed by atoms with van der Waals surface area (Å²) in [5.41, 5.74) is 8.75. The van der Waals surface area contributed by atoms with Crippen molar-refractivity contribution in [2.75, 3.05) is 9.80 Å². The molecule has 0 atom stereocenters. The summed E-state index contributed by atoms with van der Waals surface area (Å²) in [4.78, 5) is 14.1. The Balaban J connectivity index is 1.19. The van der Waals surface area contributed by atoms with Crippen LogP contribution in [0, 0.1) is 14.9 Å². The number of hydrogen-bond donors (Lipinski definition) is 0. The van der Waals surface area contributed by atoms with E-state index >= 15 is 0 Å². The van der Waals surface area contributed by atoms with Crippen molar-refractivity contribution in [3.63, 3.8) is 0 Å². The van der Waals surface area contributed by atoms with Crippen molar-refractivity contribution in [1.82, 2.24) is 9.97 Å². The van der Waals surface area contributed by atoms with Crippen molar-refractivity contribution in [3.05, 3.63) is 204 Å². The average Bonchev–Trinajstić information content (AvgIpc) is 3.28. The first-order valence-electron chi connectivity index (χ1n) is 18.7. The molecule has 0 aliphatic heterocycles. The van der Waals surface area contributed by atoms with Gasteiger partial charge in [0, 0.05) is 26.7 Å². The van der Waals surface area contributed by atoms with E-state index in [2.05, 4.69) is 154 Å². The molecule has 10 rings (SSSR count). The summed E-state index contributed by atoms with van der Waals surface area (Å²) in [6, 6.07) is 65.5. The number of nitriles is 1. The number of pyridine rings is 2.